The van der Waals surface area contributed by atoms with Gasteiger partial charge in [-0.25, -0.2) is 18.7 Å². The maximum absolute atomic E-state index is 13.1. The third-order valence-corrected chi connectivity index (χ3v) is 3.05. The van der Waals surface area contributed by atoms with E-state index in [9.17, 15) is 9.18 Å². The van der Waals surface area contributed by atoms with Crippen molar-refractivity contribution in [2.24, 2.45) is 0 Å². The molecule has 4 heterocycles. The highest BCUT2D eigenvalue weighted by molar-refractivity contribution is 5.97. The van der Waals surface area contributed by atoms with E-state index in [0.717, 1.165) is 4.85 Å². The van der Waals surface area contributed by atoms with Crippen molar-refractivity contribution in [1.29, 1.82) is 0 Å². The van der Waals surface area contributed by atoms with Crippen molar-refractivity contribution in [1.82, 2.24) is 29.8 Å². The number of carbonyl (C=O) groups is 1. The summed E-state index contributed by atoms with van der Waals surface area (Å²) in [7, 11) is 0. The predicted molar refractivity (Wildman–Crippen MR) is 71.4 cm³/mol. The van der Waals surface area contributed by atoms with Gasteiger partial charge in [-0.1, -0.05) is 0 Å². The third kappa shape index (κ3) is 1.87. The lowest BCUT2D eigenvalue weighted by Crippen LogP contribution is -2.21. The van der Waals surface area contributed by atoms with Crippen molar-refractivity contribution < 1.29 is 14.0 Å². The highest BCUT2D eigenvalue weighted by Gasteiger charge is 2.17. The Morgan fingerprint density at radius 2 is 2.18 bits per heavy atom. The van der Waals surface area contributed by atoms with E-state index in [1.807, 2.05) is 0 Å². The number of hydrogen-bond acceptors (Lipinski definition) is 6. The van der Waals surface area contributed by atoms with Gasteiger partial charge in [0.25, 0.3) is 0 Å². The largest absolute Gasteiger partial charge is 0.369 e. The first-order chi connectivity index (χ1) is 10.7. The highest BCUT2D eigenvalue weighted by Crippen LogP contribution is 2.12. The molecule has 0 bridgehead atoms. The molecule has 0 amide bonds. The molecule has 0 saturated carbocycles. The molecular weight excluding hydrogens is 291 g/mol. The van der Waals surface area contributed by atoms with Gasteiger partial charge in [0.15, 0.2) is 0 Å². The average molecular weight is 298 g/mol. The summed E-state index contributed by atoms with van der Waals surface area (Å²) in [5.41, 5.74) is 1.42. The van der Waals surface area contributed by atoms with Crippen LogP contribution in [-0.4, -0.2) is 35.7 Å². The third-order valence-electron chi connectivity index (χ3n) is 3.05. The van der Waals surface area contributed by atoms with Crippen LogP contribution in [0.1, 0.15) is 10.4 Å². The summed E-state index contributed by atoms with van der Waals surface area (Å²) in [5, 5.41) is 11.5. The van der Waals surface area contributed by atoms with E-state index < -0.39 is 11.8 Å². The molecule has 0 unspecified atom stereocenters. The Bertz CT molecular complexity index is 1010. The smallest absolute Gasteiger partial charge is 0.310 e. The molecule has 108 valence electrons. The van der Waals surface area contributed by atoms with Crippen molar-refractivity contribution in [2.45, 2.75) is 0 Å². The summed E-state index contributed by atoms with van der Waals surface area (Å²) < 4.78 is 14.4. The fourth-order valence-corrected chi connectivity index (χ4v) is 2.05. The maximum Gasteiger partial charge on any atom is 0.369 e. The molecule has 0 aliphatic heterocycles. The SMILES string of the molecule is O=C(On1nnc2cccnc21)c1cnn2cc(F)ccc12. The summed E-state index contributed by atoms with van der Waals surface area (Å²) in [5.74, 6) is -1.15. The van der Waals surface area contributed by atoms with E-state index in [0.29, 0.717) is 16.7 Å². The molecular formula is C13H7FN6O2. The average Bonchev–Trinajstić information content (AvgIpc) is 3.11. The standard InChI is InChI=1S/C13H7FN6O2/c14-8-3-4-11-9(6-16-19(11)7-8)13(21)22-20-12-10(17-18-20)2-1-5-15-12/h1-7H. The zero-order chi connectivity index (χ0) is 15.1. The molecule has 4 aromatic heterocycles. The summed E-state index contributed by atoms with van der Waals surface area (Å²) in [4.78, 5) is 22.3. The second-order valence-electron chi connectivity index (χ2n) is 4.42. The van der Waals surface area contributed by atoms with Crippen molar-refractivity contribution in [2.75, 3.05) is 0 Å². The minimum atomic E-state index is -0.695. The van der Waals surface area contributed by atoms with Crippen LogP contribution in [0, 0.1) is 5.82 Å². The fraction of sp³-hybridized carbons (Fsp3) is 0. The lowest BCUT2D eigenvalue weighted by molar-refractivity contribution is 0.0407. The van der Waals surface area contributed by atoms with Gasteiger partial charge in [0.1, 0.15) is 16.9 Å². The van der Waals surface area contributed by atoms with Gasteiger partial charge in [0.2, 0.25) is 5.65 Å². The molecule has 0 aromatic carbocycles. The topological polar surface area (TPSA) is 87.2 Å². The van der Waals surface area contributed by atoms with Crippen LogP contribution in [-0.2, 0) is 0 Å². The number of rotatable bonds is 2. The lowest BCUT2D eigenvalue weighted by Gasteiger charge is -2.01. The lowest BCUT2D eigenvalue weighted by atomic mass is 10.3. The minimum absolute atomic E-state index is 0.180. The Kier molecular flexibility index (Phi) is 2.58. The van der Waals surface area contributed by atoms with Gasteiger partial charge in [0.05, 0.1) is 17.9 Å². The van der Waals surface area contributed by atoms with Gasteiger partial charge in [-0.2, -0.15) is 5.10 Å². The molecule has 4 rings (SSSR count). The van der Waals surface area contributed by atoms with Gasteiger partial charge in [-0.05, 0) is 34.3 Å². The molecule has 0 spiro atoms. The van der Waals surface area contributed by atoms with Gasteiger partial charge in [-0.3, -0.25) is 0 Å². The van der Waals surface area contributed by atoms with Gasteiger partial charge in [0, 0.05) is 6.20 Å². The van der Waals surface area contributed by atoms with Gasteiger partial charge in [-0.15, -0.1) is 5.10 Å². The molecule has 4 aromatic rings. The number of hydrogen-bond donors (Lipinski definition) is 0. The maximum atomic E-state index is 13.1. The Morgan fingerprint density at radius 3 is 3.09 bits per heavy atom. The summed E-state index contributed by atoms with van der Waals surface area (Å²) in [6.45, 7) is 0. The Labute approximate surface area is 121 Å². The van der Waals surface area contributed by atoms with Crippen molar-refractivity contribution in [3.05, 3.63) is 54.2 Å². The van der Waals surface area contributed by atoms with Gasteiger partial charge >= 0.3 is 5.97 Å². The number of nitrogens with zero attached hydrogens (tertiary/aromatic N) is 6. The van der Waals surface area contributed by atoms with E-state index >= 15 is 0 Å². The van der Waals surface area contributed by atoms with Crippen LogP contribution < -0.4 is 4.84 Å². The number of carbonyl (C=O) groups excluding carboxylic acids is 1. The van der Waals surface area contributed by atoms with Crippen LogP contribution in [0.5, 0.6) is 0 Å². The molecule has 9 heteroatoms. The monoisotopic (exact) mass is 298 g/mol. The Morgan fingerprint density at radius 1 is 1.27 bits per heavy atom. The first-order valence-corrected chi connectivity index (χ1v) is 6.24. The summed E-state index contributed by atoms with van der Waals surface area (Å²) >= 11 is 0. The van der Waals surface area contributed by atoms with Crippen molar-refractivity contribution >= 4 is 22.6 Å². The highest BCUT2D eigenvalue weighted by atomic mass is 19.1. The summed E-state index contributed by atoms with van der Waals surface area (Å²) in [6.07, 6.45) is 4.00. The van der Waals surface area contributed by atoms with E-state index in [4.69, 9.17) is 4.84 Å². The number of fused-ring (bicyclic) bond motifs is 2. The predicted octanol–water partition coefficient (Wildman–Crippen LogP) is 0.882. The molecule has 0 radical (unpaired) electrons. The van der Waals surface area contributed by atoms with Gasteiger partial charge < -0.3 is 4.84 Å². The minimum Gasteiger partial charge on any atom is -0.310 e. The number of aromatic nitrogens is 6. The Hall–Kier alpha value is -3.36. The quantitative estimate of drug-likeness (QED) is 0.511. The second-order valence-corrected chi connectivity index (χ2v) is 4.42. The number of pyridine rings is 2. The molecule has 0 aliphatic carbocycles. The van der Waals surface area contributed by atoms with Crippen molar-refractivity contribution in [3.8, 4) is 0 Å². The molecule has 0 N–H and O–H groups in total. The molecule has 8 nitrogen and oxygen atoms in total. The summed E-state index contributed by atoms with van der Waals surface area (Å²) in [6, 6.07) is 6.07. The van der Waals surface area contributed by atoms with E-state index in [2.05, 4.69) is 20.4 Å². The zero-order valence-electron chi connectivity index (χ0n) is 10.9. The molecule has 0 fully saturated rings. The van der Waals surface area contributed by atoms with Crippen LogP contribution in [0.2, 0.25) is 0 Å². The Balaban J connectivity index is 1.72. The second kappa shape index (κ2) is 4.58. The fourth-order valence-electron chi connectivity index (χ4n) is 2.05. The van der Waals surface area contributed by atoms with E-state index in [1.54, 1.807) is 12.1 Å². The number of halogens is 1. The van der Waals surface area contributed by atoms with Crippen LogP contribution in [0.4, 0.5) is 4.39 Å². The first kappa shape index (κ1) is 12.4. The first-order valence-electron chi connectivity index (χ1n) is 6.24. The van der Waals surface area contributed by atoms with Crippen LogP contribution in [0.3, 0.4) is 0 Å². The van der Waals surface area contributed by atoms with Crippen LogP contribution >= 0.6 is 0 Å². The zero-order valence-corrected chi connectivity index (χ0v) is 10.9. The van der Waals surface area contributed by atoms with E-state index in [-0.39, 0.29) is 5.56 Å². The van der Waals surface area contributed by atoms with Crippen molar-refractivity contribution in [3.63, 3.8) is 0 Å². The van der Waals surface area contributed by atoms with E-state index in [1.165, 1.54) is 35.2 Å². The normalized spacial score (nSPS) is 11.1. The molecule has 22 heavy (non-hydrogen) atoms. The molecule has 0 atom stereocenters. The molecule has 0 saturated heterocycles. The molecule has 0 aliphatic rings. The van der Waals surface area contributed by atoms with Crippen LogP contribution in [0.25, 0.3) is 16.7 Å². The van der Waals surface area contributed by atoms with Crippen LogP contribution in [0.15, 0.2) is 42.9 Å².